The van der Waals surface area contributed by atoms with Gasteiger partial charge in [-0.05, 0) is 78.1 Å². The van der Waals surface area contributed by atoms with Gasteiger partial charge in [-0.3, -0.25) is 9.59 Å². The number of carbonyl (C=O) groups excluding carboxylic acids is 2. The van der Waals surface area contributed by atoms with Gasteiger partial charge in [0, 0.05) is 64.8 Å². The first-order chi connectivity index (χ1) is 27.8. The van der Waals surface area contributed by atoms with Crippen molar-refractivity contribution in [3.63, 3.8) is 0 Å². The van der Waals surface area contributed by atoms with Gasteiger partial charge in [0.15, 0.2) is 18.9 Å². The second kappa shape index (κ2) is 17.2. The highest BCUT2D eigenvalue weighted by atomic mass is 16.7. The molecule has 3 aliphatic heterocycles. The van der Waals surface area contributed by atoms with Crippen molar-refractivity contribution in [2.24, 2.45) is 22.7 Å². The Morgan fingerprint density at radius 3 is 1.83 bits per heavy atom. The Kier molecular flexibility index (Phi) is 13.2. The van der Waals surface area contributed by atoms with Crippen LogP contribution >= 0.6 is 0 Å². The second-order valence-corrected chi connectivity index (χ2v) is 19.0. The minimum Gasteiger partial charge on any atom is -0.462 e. The van der Waals surface area contributed by atoms with Crippen LogP contribution in [0.15, 0.2) is 11.6 Å². The molecule has 0 aromatic carbocycles. The summed E-state index contributed by atoms with van der Waals surface area (Å²) in [6.07, 6.45) is 0.0632. The molecule has 15 heteroatoms. The van der Waals surface area contributed by atoms with Crippen LogP contribution in [0.25, 0.3) is 0 Å². The normalized spacial score (nSPS) is 51.2. The Morgan fingerprint density at radius 1 is 0.746 bits per heavy atom. The third-order valence-electron chi connectivity index (χ3n) is 16.0. The summed E-state index contributed by atoms with van der Waals surface area (Å²) in [5, 5.41) is 35.7. The lowest BCUT2D eigenvalue weighted by atomic mass is 9.43. The lowest BCUT2D eigenvalue weighted by molar-refractivity contribution is -0.338. The molecule has 0 spiro atoms. The summed E-state index contributed by atoms with van der Waals surface area (Å²) in [7, 11) is 4.87. The molecule has 3 saturated heterocycles. The van der Waals surface area contributed by atoms with E-state index in [1.807, 2.05) is 20.8 Å². The highest BCUT2D eigenvalue weighted by Crippen LogP contribution is 2.70. The van der Waals surface area contributed by atoms with Crippen LogP contribution in [0.4, 0.5) is 0 Å². The number of rotatable bonds is 11. The lowest BCUT2D eigenvalue weighted by Crippen LogP contribution is -2.75. The van der Waals surface area contributed by atoms with Gasteiger partial charge in [0.05, 0.1) is 42.7 Å². The number of methoxy groups -OCH3 is 3. The fourth-order valence-electron chi connectivity index (χ4n) is 12.7. The van der Waals surface area contributed by atoms with E-state index >= 15 is 0 Å². The molecule has 7 rings (SSSR count). The van der Waals surface area contributed by atoms with Crippen LogP contribution in [0.5, 0.6) is 0 Å². The zero-order valence-electron chi connectivity index (χ0n) is 36.6. The van der Waals surface area contributed by atoms with Gasteiger partial charge in [0.2, 0.25) is 0 Å². The van der Waals surface area contributed by atoms with Crippen molar-refractivity contribution >= 4 is 11.8 Å². The number of esters is 1. The molecule has 0 amide bonds. The molecule has 7 aliphatic rings. The highest BCUT2D eigenvalue weighted by molar-refractivity contribution is 5.80. The SMILES string of the molecule is CO[C@H]1C[C@H](O[C@H]2CC[C@@]3(C)C(=CC[C@]4(O)[C@@H]3C[C@@H](OC(C)=O)[C@]3(C)[C@H](C(C)=O)CC[C@@]34O)C2)O[C@H](C)[C@H]1O[C@H]1C[C@H](OC)[C@H](O[C@H]2C[C@@H](OC)[C@H](O)[C@@H](C)O2)[C@@H](C)O1. The Labute approximate surface area is 349 Å². The van der Waals surface area contributed by atoms with Crippen molar-refractivity contribution in [1.82, 2.24) is 0 Å². The van der Waals surface area contributed by atoms with Crippen molar-refractivity contribution in [3.8, 4) is 0 Å². The van der Waals surface area contributed by atoms with Gasteiger partial charge in [0.25, 0.3) is 0 Å². The topological polar surface area (TPSA) is 187 Å². The average molecular weight is 839 g/mol. The van der Waals surface area contributed by atoms with Gasteiger partial charge < -0.3 is 62.7 Å². The van der Waals surface area contributed by atoms with Gasteiger partial charge in [-0.15, -0.1) is 0 Å². The molecule has 0 unspecified atom stereocenters. The van der Waals surface area contributed by atoms with E-state index in [9.17, 15) is 24.9 Å². The van der Waals surface area contributed by atoms with Gasteiger partial charge in [-0.1, -0.05) is 25.5 Å². The van der Waals surface area contributed by atoms with Crippen LogP contribution in [0.3, 0.4) is 0 Å². The molecule has 59 heavy (non-hydrogen) atoms. The first-order valence-electron chi connectivity index (χ1n) is 21.8. The maximum atomic E-state index is 12.9. The van der Waals surface area contributed by atoms with Crippen molar-refractivity contribution in [2.45, 2.75) is 210 Å². The number of hydrogen-bond acceptors (Lipinski definition) is 15. The van der Waals surface area contributed by atoms with Gasteiger partial charge in [-0.25, -0.2) is 0 Å². The standard InChI is InChI=1S/C44H70O15/c1-22(45)29-13-16-44(49)42(29,7)34(56-26(5)46)21-33-41(6)14-12-28(17-27(41)11-15-43(33,44)48)57-35-19-31(51-9)39(24(3)54-35)59-37-20-32(52-10)40(25(4)55-37)58-36-18-30(50-8)38(47)23(2)53-36/h11,23-25,28-40,47-49H,12-21H2,1-10H3/t23-,24-,25-,28+,29+,30-,31+,32+,33-,34-,35+,36+,37+,38-,39-,40-,41+,42+,43+,44-/m1/s1. The van der Waals surface area contributed by atoms with Crippen LogP contribution in [0.1, 0.15) is 113 Å². The predicted octanol–water partition coefficient (Wildman–Crippen LogP) is 3.89. The fraction of sp³-hybridized carbons (Fsp3) is 0.909. The number of ketones is 1. The Hall–Kier alpha value is -1.60. The molecule has 336 valence electrons. The highest BCUT2D eigenvalue weighted by Gasteiger charge is 2.77. The van der Waals surface area contributed by atoms with E-state index in [0.29, 0.717) is 51.4 Å². The molecule has 20 atom stereocenters. The number of fused-ring (bicyclic) bond motifs is 5. The average Bonchev–Trinajstić information content (AvgIpc) is 3.48. The van der Waals surface area contributed by atoms with E-state index in [1.165, 1.54) is 13.8 Å². The third-order valence-corrected chi connectivity index (χ3v) is 16.0. The molecule has 3 heterocycles. The molecule has 3 saturated carbocycles. The number of Topliss-reactive ketones (excluding diaryl/α,β-unsaturated/α-hetero) is 1. The van der Waals surface area contributed by atoms with Crippen molar-refractivity contribution < 1.29 is 72.3 Å². The van der Waals surface area contributed by atoms with Crippen LogP contribution < -0.4 is 0 Å². The summed E-state index contributed by atoms with van der Waals surface area (Å²) in [6.45, 7) is 12.5. The number of aliphatic hydroxyl groups is 3. The van der Waals surface area contributed by atoms with E-state index in [0.717, 1.165) is 5.57 Å². The Morgan fingerprint density at radius 2 is 1.29 bits per heavy atom. The molecule has 0 bridgehead atoms. The maximum absolute atomic E-state index is 12.9. The predicted molar refractivity (Wildman–Crippen MR) is 210 cm³/mol. The molecule has 0 aromatic heterocycles. The molecular formula is C44H70O15. The summed E-state index contributed by atoms with van der Waals surface area (Å²) in [5.74, 6) is -1.44. The largest absolute Gasteiger partial charge is 0.462 e. The smallest absolute Gasteiger partial charge is 0.302 e. The molecule has 4 aliphatic carbocycles. The zero-order valence-corrected chi connectivity index (χ0v) is 36.6. The monoisotopic (exact) mass is 838 g/mol. The first kappa shape index (κ1) is 45.4. The van der Waals surface area contributed by atoms with Crippen molar-refractivity contribution in [3.05, 3.63) is 11.6 Å². The van der Waals surface area contributed by atoms with Crippen molar-refractivity contribution in [1.29, 1.82) is 0 Å². The minimum absolute atomic E-state index is 0.0630. The van der Waals surface area contributed by atoms with Crippen LogP contribution in [0, 0.1) is 22.7 Å². The Balaban J connectivity index is 0.979. The number of aliphatic hydroxyl groups excluding tert-OH is 1. The van der Waals surface area contributed by atoms with Crippen LogP contribution in [-0.4, -0.2) is 146 Å². The summed E-state index contributed by atoms with van der Waals surface area (Å²) in [6, 6.07) is 0. The summed E-state index contributed by atoms with van der Waals surface area (Å²) < 4.78 is 61.8. The van der Waals surface area contributed by atoms with E-state index in [-0.39, 0.29) is 43.0 Å². The van der Waals surface area contributed by atoms with Gasteiger partial charge >= 0.3 is 5.97 Å². The minimum atomic E-state index is -1.61. The summed E-state index contributed by atoms with van der Waals surface area (Å²) in [4.78, 5) is 25.4. The van der Waals surface area contributed by atoms with Crippen molar-refractivity contribution in [2.75, 3.05) is 21.3 Å². The van der Waals surface area contributed by atoms with Gasteiger partial charge in [-0.2, -0.15) is 0 Å². The first-order valence-corrected chi connectivity index (χ1v) is 21.8. The molecule has 0 radical (unpaired) electrons. The Bertz CT molecular complexity index is 1560. The molecule has 6 fully saturated rings. The lowest BCUT2D eigenvalue weighted by Gasteiger charge is -2.66. The molecule has 3 N–H and O–H groups in total. The molecule has 15 nitrogen and oxygen atoms in total. The van der Waals surface area contributed by atoms with Crippen LogP contribution in [-0.2, 0) is 57.0 Å². The van der Waals surface area contributed by atoms with Crippen LogP contribution in [0.2, 0.25) is 0 Å². The van der Waals surface area contributed by atoms with E-state index in [1.54, 1.807) is 28.3 Å². The maximum Gasteiger partial charge on any atom is 0.302 e. The number of carbonyl (C=O) groups is 2. The molecule has 0 aromatic rings. The number of ether oxygens (including phenoxy) is 10. The van der Waals surface area contributed by atoms with E-state index in [4.69, 9.17) is 47.4 Å². The molecular weight excluding hydrogens is 768 g/mol. The van der Waals surface area contributed by atoms with Gasteiger partial charge in [0.1, 0.15) is 41.4 Å². The fourth-order valence-corrected chi connectivity index (χ4v) is 12.7. The second-order valence-electron chi connectivity index (χ2n) is 19.0. The zero-order chi connectivity index (χ0) is 42.8. The number of hydrogen-bond donors (Lipinski definition) is 3. The van der Waals surface area contributed by atoms with E-state index < -0.39 is 101 Å². The summed E-state index contributed by atoms with van der Waals surface area (Å²) >= 11 is 0. The van der Waals surface area contributed by atoms with E-state index in [2.05, 4.69) is 13.0 Å². The third kappa shape index (κ3) is 7.79. The quantitative estimate of drug-likeness (QED) is 0.201. The summed E-state index contributed by atoms with van der Waals surface area (Å²) in [5.41, 5.74) is -3.54.